The van der Waals surface area contributed by atoms with Crippen LogP contribution in [0.1, 0.15) is 0 Å². The van der Waals surface area contributed by atoms with Crippen LogP contribution in [0.4, 0.5) is 0 Å². The number of rotatable bonds is 1. The lowest BCUT2D eigenvalue weighted by Crippen LogP contribution is -1.82. The summed E-state index contributed by atoms with van der Waals surface area (Å²) >= 11 is 3.94. The molecule has 0 spiro atoms. The summed E-state index contributed by atoms with van der Waals surface area (Å²) in [4.78, 5) is 0. The Kier molecular flexibility index (Phi) is 3.05. The van der Waals surface area contributed by atoms with E-state index in [0.29, 0.717) is 9.26 Å². The Morgan fingerprint density at radius 2 is 1.73 bits per heavy atom. The van der Waals surface area contributed by atoms with Gasteiger partial charge in [-0.25, -0.2) is 0 Å². The maximum Gasteiger partial charge on any atom is 0.233 e. The quantitative estimate of drug-likeness (QED) is 0.688. The first-order valence-corrected chi connectivity index (χ1v) is 6.07. The first-order chi connectivity index (χ1) is 7.09. The SMILES string of the molecule is Oc1ccc(-c2nn(I)c(O)c2I)cc1. The number of halogens is 2. The molecule has 78 valence electrons. The first kappa shape index (κ1) is 11.0. The minimum atomic E-state index is 0.138. The second-order valence-electron chi connectivity index (χ2n) is 2.89. The van der Waals surface area contributed by atoms with Gasteiger partial charge < -0.3 is 10.2 Å². The van der Waals surface area contributed by atoms with E-state index in [1.54, 1.807) is 24.3 Å². The molecule has 0 atom stereocenters. The summed E-state index contributed by atoms with van der Waals surface area (Å²) in [5, 5.41) is 22.9. The van der Waals surface area contributed by atoms with Crippen LogP contribution in [-0.4, -0.2) is 18.2 Å². The Morgan fingerprint density at radius 3 is 2.20 bits per heavy atom. The zero-order valence-corrected chi connectivity index (χ0v) is 11.7. The van der Waals surface area contributed by atoms with E-state index in [9.17, 15) is 5.11 Å². The zero-order chi connectivity index (χ0) is 11.0. The van der Waals surface area contributed by atoms with Crippen LogP contribution in [0.3, 0.4) is 0 Å². The number of hydrogen-bond donors (Lipinski definition) is 2. The average molecular weight is 428 g/mol. The van der Waals surface area contributed by atoms with Crippen molar-refractivity contribution >= 4 is 45.5 Å². The van der Waals surface area contributed by atoms with Gasteiger partial charge in [-0.15, -0.1) is 0 Å². The summed E-state index contributed by atoms with van der Waals surface area (Å²) in [5.74, 6) is 0.353. The molecule has 15 heavy (non-hydrogen) atoms. The smallest absolute Gasteiger partial charge is 0.233 e. The lowest BCUT2D eigenvalue weighted by molar-refractivity contribution is 0.445. The first-order valence-electron chi connectivity index (χ1n) is 4.02. The number of nitrogens with zero attached hydrogens (tertiary/aromatic N) is 2. The predicted octanol–water partition coefficient (Wildman–Crippen LogP) is 2.76. The third-order valence-corrected chi connectivity index (χ3v) is 3.57. The van der Waals surface area contributed by atoms with Gasteiger partial charge in [0.1, 0.15) is 15.0 Å². The molecule has 6 heteroatoms. The molecule has 0 aliphatic heterocycles. The summed E-state index contributed by atoms with van der Waals surface area (Å²) in [5.41, 5.74) is 1.57. The largest absolute Gasteiger partial charge is 0.508 e. The molecule has 0 aliphatic carbocycles. The molecule has 0 bridgehead atoms. The van der Waals surface area contributed by atoms with Crippen molar-refractivity contribution in [2.75, 3.05) is 0 Å². The van der Waals surface area contributed by atoms with Gasteiger partial charge >= 0.3 is 0 Å². The molecule has 2 N–H and O–H groups in total. The van der Waals surface area contributed by atoms with E-state index in [2.05, 4.69) is 5.10 Å². The highest BCUT2D eigenvalue weighted by atomic mass is 127. The minimum absolute atomic E-state index is 0.138. The maximum absolute atomic E-state index is 9.58. The van der Waals surface area contributed by atoms with Gasteiger partial charge in [0.15, 0.2) is 0 Å². The normalized spacial score (nSPS) is 10.5. The van der Waals surface area contributed by atoms with Gasteiger partial charge in [-0.3, -0.25) is 0 Å². The molecular formula is C9H6I2N2O2. The zero-order valence-electron chi connectivity index (χ0n) is 7.35. The number of phenolic OH excluding ortho intramolecular Hbond substituents is 1. The van der Waals surface area contributed by atoms with E-state index >= 15 is 0 Å². The summed E-state index contributed by atoms with van der Waals surface area (Å²) in [6.45, 7) is 0. The monoisotopic (exact) mass is 428 g/mol. The van der Waals surface area contributed by atoms with Crippen LogP contribution < -0.4 is 0 Å². The topological polar surface area (TPSA) is 58.3 Å². The number of phenols is 1. The Morgan fingerprint density at radius 1 is 1.13 bits per heavy atom. The lowest BCUT2D eigenvalue weighted by atomic mass is 10.1. The van der Waals surface area contributed by atoms with Crippen molar-refractivity contribution in [2.24, 2.45) is 0 Å². The van der Waals surface area contributed by atoms with Crippen molar-refractivity contribution in [2.45, 2.75) is 0 Å². The Balaban J connectivity index is 2.54. The highest BCUT2D eigenvalue weighted by Gasteiger charge is 2.14. The predicted molar refractivity (Wildman–Crippen MR) is 73.1 cm³/mol. The fourth-order valence-corrected chi connectivity index (χ4v) is 2.74. The number of benzene rings is 1. The number of hydrogen-bond acceptors (Lipinski definition) is 3. The Hall–Kier alpha value is -0.510. The molecule has 0 unspecified atom stereocenters. The molecule has 0 radical (unpaired) electrons. The Labute approximate surface area is 114 Å². The third-order valence-electron chi connectivity index (χ3n) is 1.91. The van der Waals surface area contributed by atoms with Gasteiger partial charge in [-0.2, -0.15) is 7.99 Å². The highest BCUT2D eigenvalue weighted by molar-refractivity contribution is 14.1. The summed E-state index contributed by atoms with van der Waals surface area (Å²) in [6.07, 6.45) is 0. The molecule has 0 aliphatic rings. The minimum Gasteiger partial charge on any atom is -0.508 e. The van der Waals surface area contributed by atoms with Crippen molar-refractivity contribution in [3.8, 4) is 22.9 Å². The summed E-state index contributed by atoms with van der Waals surface area (Å²) in [7, 11) is 0. The molecule has 0 saturated carbocycles. The standard InChI is InChI=1S/C9H6I2N2O2/c10-7-8(12-13(11)9(7)15)5-1-3-6(14)4-2-5/h1-4,14-15H. The van der Waals surface area contributed by atoms with Crippen molar-refractivity contribution < 1.29 is 10.2 Å². The fourth-order valence-electron chi connectivity index (χ4n) is 1.17. The van der Waals surface area contributed by atoms with Crippen LogP contribution in [0.2, 0.25) is 0 Å². The van der Waals surface area contributed by atoms with E-state index in [1.165, 1.54) is 2.90 Å². The van der Waals surface area contributed by atoms with Crippen LogP contribution in [0.15, 0.2) is 24.3 Å². The van der Waals surface area contributed by atoms with Gasteiger partial charge in [-0.1, -0.05) is 0 Å². The van der Waals surface area contributed by atoms with E-state index in [0.717, 1.165) is 5.56 Å². The summed E-state index contributed by atoms with van der Waals surface area (Å²) in [6, 6.07) is 6.70. The van der Waals surface area contributed by atoms with Crippen molar-refractivity contribution in [1.82, 2.24) is 7.99 Å². The van der Waals surface area contributed by atoms with E-state index < -0.39 is 0 Å². The second kappa shape index (κ2) is 4.16. The lowest BCUT2D eigenvalue weighted by Gasteiger charge is -1.97. The molecule has 0 fully saturated rings. The third kappa shape index (κ3) is 2.05. The van der Waals surface area contributed by atoms with Crippen molar-refractivity contribution in [1.29, 1.82) is 0 Å². The molecule has 2 rings (SSSR count). The van der Waals surface area contributed by atoms with Crippen LogP contribution in [0, 0.1) is 3.57 Å². The van der Waals surface area contributed by atoms with Gasteiger partial charge in [0.05, 0.1) is 22.9 Å². The second-order valence-corrected chi connectivity index (χ2v) is 4.89. The van der Waals surface area contributed by atoms with Gasteiger partial charge in [0.2, 0.25) is 5.88 Å². The van der Waals surface area contributed by atoms with Gasteiger partial charge in [-0.05, 0) is 46.9 Å². The van der Waals surface area contributed by atoms with E-state index in [1.807, 2.05) is 45.5 Å². The molecule has 1 heterocycles. The molecule has 0 amide bonds. The molecule has 4 nitrogen and oxygen atoms in total. The number of aromatic hydroxyl groups is 2. The van der Waals surface area contributed by atoms with Gasteiger partial charge in [0, 0.05) is 5.56 Å². The van der Waals surface area contributed by atoms with Gasteiger partial charge in [0.25, 0.3) is 0 Å². The van der Waals surface area contributed by atoms with Crippen molar-refractivity contribution in [3.05, 3.63) is 27.8 Å². The van der Waals surface area contributed by atoms with E-state index in [-0.39, 0.29) is 11.6 Å². The Bertz CT molecular complexity index is 494. The average Bonchev–Trinajstić information content (AvgIpc) is 2.47. The van der Waals surface area contributed by atoms with Crippen molar-refractivity contribution in [3.63, 3.8) is 0 Å². The highest BCUT2D eigenvalue weighted by Crippen LogP contribution is 2.32. The molecule has 0 saturated heterocycles. The number of aromatic nitrogens is 2. The van der Waals surface area contributed by atoms with Crippen LogP contribution >= 0.6 is 45.5 Å². The summed E-state index contributed by atoms with van der Waals surface area (Å²) < 4.78 is 2.09. The van der Waals surface area contributed by atoms with E-state index in [4.69, 9.17) is 5.11 Å². The maximum atomic E-state index is 9.58. The molecular weight excluding hydrogens is 422 g/mol. The molecule has 2 aromatic rings. The molecule has 1 aromatic carbocycles. The molecule has 1 aromatic heterocycles. The fraction of sp³-hybridized carbons (Fsp3) is 0. The van der Waals surface area contributed by atoms with Crippen LogP contribution in [-0.2, 0) is 0 Å². The van der Waals surface area contributed by atoms with Crippen LogP contribution in [0.5, 0.6) is 11.6 Å². The van der Waals surface area contributed by atoms with Crippen LogP contribution in [0.25, 0.3) is 11.3 Å².